The van der Waals surface area contributed by atoms with E-state index in [-0.39, 0.29) is 5.91 Å². The molecule has 5 nitrogen and oxygen atoms in total. The van der Waals surface area contributed by atoms with E-state index in [0.29, 0.717) is 23.6 Å². The third-order valence-corrected chi connectivity index (χ3v) is 4.32. The van der Waals surface area contributed by atoms with Crippen LogP contribution in [0.25, 0.3) is 0 Å². The average molecular weight is 248 g/mol. The molecule has 0 bridgehead atoms. The fourth-order valence-electron chi connectivity index (χ4n) is 3.45. The van der Waals surface area contributed by atoms with Crippen LogP contribution in [0.3, 0.4) is 0 Å². The van der Waals surface area contributed by atoms with Gasteiger partial charge in [0.1, 0.15) is 5.69 Å². The van der Waals surface area contributed by atoms with Crippen molar-refractivity contribution in [2.24, 2.45) is 11.8 Å². The minimum atomic E-state index is 0.0839. The molecule has 2 aliphatic rings. The lowest BCUT2D eigenvalue weighted by atomic mass is 9.93. The van der Waals surface area contributed by atoms with Gasteiger partial charge in [0, 0.05) is 31.4 Å². The van der Waals surface area contributed by atoms with E-state index in [0.717, 1.165) is 31.7 Å². The molecule has 2 saturated heterocycles. The molecule has 98 valence electrons. The quantitative estimate of drug-likeness (QED) is 0.813. The summed E-state index contributed by atoms with van der Waals surface area (Å²) in [6.45, 7) is 7.06. The van der Waals surface area contributed by atoms with E-state index in [1.54, 1.807) is 0 Å². The standard InChI is InChI=1S/C13H20N4O/c1-3-12-10-6-14-5-9(10)7-17(12)13(18)11-4-8(2)15-16-11/h4,9-10,12,14H,3,5-7H2,1-2H3,(H,15,16). The normalized spacial score (nSPS) is 30.8. The maximum absolute atomic E-state index is 12.5. The Bertz CT molecular complexity index is 456. The van der Waals surface area contributed by atoms with Gasteiger partial charge in [0.15, 0.2) is 0 Å². The number of hydrogen-bond acceptors (Lipinski definition) is 3. The van der Waals surface area contributed by atoms with Gasteiger partial charge in [-0.15, -0.1) is 0 Å². The van der Waals surface area contributed by atoms with Gasteiger partial charge in [-0.05, 0) is 31.2 Å². The summed E-state index contributed by atoms with van der Waals surface area (Å²) >= 11 is 0. The zero-order valence-electron chi connectivity index (χ0n) is 10.9. The number of hydrogen-bond donors (Lipinski definition) is 2. The highest BCUT2D eigenvalue weighted by atomic mass is 16.2. The number of aryl methyl sites for hydroxylation is 1. The molecule has 1 amide bonds. The fourth-order valence-corrected chi connectivity index (χ4v) is 3.45. The molecular weight excluding hydrogens is 228 g/mol. The van der Waals surface area contributed by atoms with Gasteiger partial charge in [-0.2, -0.15) is 5.10 Å². The largest absolute Gasteiger partial charge is 0.334 e. The van der Waals surface area contributed by atoms with Gasteiger partial charge < -0.3 is 10.2 Å². The van der Waals surface area contributed by atoms with Crippen LogP contribution in [-0.2, 0) is 0 Å². The zero-order valence-corrected chi connectivity index (χ0v) is 10.9. The highest BCUT2D eigenvalue weighted by Crippen LogP contribution is 2.34. The van der Waals surface area contributed by atoms with Gasteiger partial charge in [0.25, 0.3) is 5.91 Å². The van der Waals surface area contributed by atoms with Crippen LogP contribution >= 0.6 is 0 Å². The molecule has 0 aliphatic carbocycles. The topological polar surface area (TPSA) is 61.0 Å². The first-order valence-corrected chi connectivity index (χ1v) is 6.74. The zero-order chi connectivity index (χ0) is 12.7. The van der Waals surface area contributed by atoms with Gasteiger partial charge in [-0.25, -0.2) is 0 Å². The molecule has 18 heavy (non-hydrogen) atoms. The second kappa shape index (κ2) is 4.39. The Kier molecular flexibility index (Phi) is 2.86. The summed E-state index contributed by atoms with van der Waals surface area (Å²) in [5.74, 6) is 1.33. The van der Waals surface area contributed by atoms with Gasteiger partial charge >= 0.3 is 0 Å². The molecule has 3 unspecified atom stereocenters. The van der Waals surface area contributed by atoms with Crippen molar-refractivity contribution in [2.45, 2.75) is 26.3 Å². The van der Waals surface area contributed by atoms with Crippen molar-refractivity contribution >= 4 is 5.91 Å². The number of aromatic nitrogens is 2. The maximum Gasteiger partial charge on any atom is 0.274 e. The lowest BCUT2D eigenvalue weighted by Crippen LogP contribution is -2.39. The molecule has 3 rings (SSSR count). The van der Waals surface area contributed by atoms with Crippen LogP contribution < -0.4 is 5.32 Å². The van der Waals surface area contributed by atoms with Crippen molar-refractivity contribution in [3.8, 4) is 0 Å². The van der Waals surface area contributed by atoms with E-state index < -0.39 is 0 Å². The monoisotopic (exact) mass is 248 g/mol. The Morgan fingerprint density at radius 1 is 1.56 bits per heavy atom. The molecule has 0 saturated carbocycles. The lowest BCUT2D eigenvalue weighted by molar-refractivity contribution is 0.0705. The summed E-state index contributed by atoms with van der Waals surface area (Å²) in [7, 11) is 0. The van der Waals surface area contributed by atoms with E-state index in [9.17, 15) is 4.79 Å². The number of aromatic amines is 1. The number of carbonyl (C=O) groups excluding carboxylic acids is 1. The van der Waals surface area contributed by atoms with Crippen LogP contribution in [0.1, 0.15) is 29.5 Å². The molecule has 3 heterocycles. The first-order chi connectivity index (χ1) is 8.70. The number of nitrogens with one attached hydrogen (secondary N) is 2. The number of likely N-dealkylation sites (tertiary alicyclic amines) is 1. The molecule has 2 aliphatic heterocycles. The lowest BCUT2D eigenvalue weighted by Gasteiger charge is -2.26. The molecule has 2 N–H and O–H groups in total. The van der Waals surface area contributed by atoms with Crippen molar-refractivity contribution < 1.29 is 4.79 Å². The number of carbonyl (C=O) groups is 1. The molecule has 1 aromatic heterocycles. The molecule has 0 radical (unpaired) electrons. The minimum Gasteiger partial charge on any atom is -0.334 e. The molecule has 0 aromatic carbocycles. The highest BCUT2D eigenvalue weighted by molar-refractivity contribution is 5.92. The summed E-state index contributed by atoms with van der Waals surface area (Å²) in [4.78, 5) is 14.5. The average Bonchev–Trinajstić information content (AvgIpc) is 3.01. The Labute approximate surface area is 107 Å². The number of H-pyrrole nitrogens is 1. The van der Waals surface area contributed by atoms with Gasteiger partial charge in [-0.3, -0.25) is 9.89 Å². The van der Waals surface area contributed by atoms with Crippen molar-refractivity contribution in [3.05, 3.63) is 17.5 Å². The van der Waals surface area contributed by atoms with Crippen LogP contribution in [0.15, 0.2) is 6.07 Å². The van der Waals surface area contributed by atoms with E-state index in [1.807, 2.05) is 17.9 Å². The maximum atomic E-state index is 12.5. The molecule has 2 fully saturated rings. The number of nitrogens with zero attached hydrogens (tertiary/aromatic N) is 2. The predicted molar refractivity (Wildman–Crippen MR) is 68.3 cm³/mol. The SMILES string of the molecule is CCC1C2CNCC2CN1C(=O)c1cc(C)[nH]n1. The first kappa shape index (κ1) is 11.7. The van der Waals surface area contributed by atoms with Gasteiger partial charge in [0.2, 0.25) is 0 Å². The Balaban J connectivity index is 1.81. The van der Waals surface area contributed by atoms with Crippen molar-refractivity contribution in [1.29, 1.82) is 0 Å². The van der Waals surface area contributed by atoms with Crippen LogP contribution in [0.4, 0.5) is 0 Å². The first-order valence-electron chi connectivity index (χ1n) is 6.74. The Hall–Kier alpha value is -1.36. The summed E-state index contributed by atoms with van der Waals surface area (Å²) < 4.78 is 0. The molecule has 3 atom stereocenters. The van der Waals surface area contributed by atoms with E-state index in [1.165, 1.54) is 0 Å². The van der Waals surface area contributed by atoms with Crippen molar-refractivity contribution in [1.82, 2.24) is 20.4 Å². The highest BCUT2D eigenvalue weighted by Gasteiger charge is 2.45. The van der Waals surface area contributed by atoms with Crippen LogP contribution in [-0.4, -0.2) is 46.7 Å². The number of rotatable bonds is 2. The predicted octanol–water partition coefficient (Wildman–Crippen LogP) is 0.788. The third kappa shape index (κ3) is 1.73. The molecule has 0 spiro atoms. The third-order valence-electron chi connectivity index (χ3n) is 4.32. The summed E-state index contributed by atoms with van der Waals surface area (Å²) in [5, 5.41) is 10.4. The van der Waals surface area contributed by atoms with Crippen molar-refractivity contribution in [2.75, 3.05) is 19.6 Å². The van der Waals surface area contributed by atoms with Crippen LogP contribution in [0, 0.1) is 18.8 Å². The molecule has 1 aromatic rings. The van der Waals surface area contributed by atoms with E-state index >= 15 is 0 Å². The fraction of sp³-hybridized carbons (Fsp3) is 0.692. The summed E-state index contributed by atoms with van der Waals surface area (Å²) in [6.07, 6.45) is 1.03. The van der Waals surface area contributed by atoms with E-state index in [4.69, 9.17) is 0 Å². The molecular formula is C13H20N4O. The Morgan fingerprint density at radius 3 is 3.06 bits per heavy atom. The van der Waals surface area contributed by atoms with Crippen LogP contribution in [0.2, 0.25) is 0 Å². The van der Waals surface area contributed by atoms with Crippen molar-refractivity contribution in [3.63, 3.8) is 0 Å². The minimum absolute atomic E-state index is 0.0839. The van der Waals surface area contributed by atoms with Crippen LogP contribution in [0.5, 0.6) is 0 Å². The summed E-state index contributed by atoms with van der Waals surface area (Å²) in [6, 6.07) is 2.20. The number of amides is 1. The smallest absolute Gasteiger partial charge is 0.274 e. The van der Waals surface area contributed by atoms with E-state index in [2.05, 4.69) is 22.4 Å². The van der Waals surface area contributed by atoms with Gasteiger partial charge in [0.05, 0.1) is 0 Å². The summed E-state index contributed by atoms with van der Waals surface area (Å²) in [5.41, 5.74) is 1.49. The van der Waals surface area contributed by atoms with Gasteiger partial charge in [-0.1, -0.05) is 6.92 Å². The number of fused-ring (bicyclic) bond motifs is 1. The second-order valence-corrected chi connectivity index (χ2v) is 5.45. The molecule has 5 heteroatoms. The Morgan fingerprint density at radius 2 is 2.39 bits per heavy atom. The second-order valence-electron chi connectivity index (χ2n) is 5.45.